The Hall–Kier alpha value is -3.02. The number of rotatable bonds is 9. The van der Waals surface area contributed by atoms with Crippen LogP contribution in [0.25, 0.3) is 6.08 Å². The van der Waals surface area contributed by atoms with Crippen molar-refractivity contribution in [2.45, 2.75) is 40.7 Å². The normalized spacial score (nSPS) is 11.1. The number of ether oxygens (including phenoxy) is 3. The van der Waals surface area contributed by atoms with Gasteiger partial charge in [0.25, 0.3) is 0 Å². The standard InChI is InChI=1S/C23H29NO5/c1-7-28-21-10-8-18(13-22(21)27-6)9-11-23(26)29-14-20(25)19-12-16(4)24(15(2)3)17(19)5/h8-13,15H,7,14H2,1-6H3/b11-9+. The first kappa shape index (κ1) is 22.3. The van der Waals surface area contributed by atoms with Gasteiger partial charge in [0.05, 0.1) is 13.7 Å². The molecule has 1 heterocycles. The quantitative estimate of drug-likeness (QED) is 0.352. The number of carbonyl (C=O) groups excluding carboxylic acids is 2. The molecular weight excluding hydrogens is 370 g/mol. The van der Waals surface area contributed by atoms with Gasteiger partial charge in [-0.15, -0.1) is 0 Å². The second kappa shape index (κ2) is 9.96. The van der Waals surface area contributed by atoms with E-state index in [1.54, 1.807) is 25.3 Å². The molecule has 0 unspecified atom stereocenters. The molecule has 0 spiro atoms. The first-order valence-corrected chi connectivity index (χ1v) is 9.65. The average molecular weight is 399 g/mol. The van der Waals surface area contributed by atoms with E-state index in [-0.39, 0.29) is 18.4 Å². The smallest absolute Gasteiger partial charge is 0.331 e. The molecule has 1 aromatic carbocycles. The summed E-state index contributed by atoms with van der Waals surface area (Å²) in [6.07, 6.45) is 2.90. The molecule has 6 heteroatoms. The van der Waals surface area contributed by atoms with Gasteiger partial charge in [-0.25, -0.2) is 4.79 Å². The largest absolute Gasteiger partial charge is 0.493 e. The van der Waals surface area contributed by atoms with E-state index in [0.29, 0.717) is 23.7 Å². The molecule has 0 aliphatic carbocycles. The number of aryl methyl sites for hydroxylation is 1. The third-order valence-corrected chi connectivity index (χ3v) is 4.55. The number of aromatic nitrogens is 1. The first-order valence-electron chi connectivity index (χ1n) is 9.65. The number of carbonyl (C=O) groups is 2. The summed E-state index contributed by atoms with van der Waals surface area (Å²) in [5.41, 5.74) is 3.24. The third-order valence-electron chi connectivity index (χ3n) is 4.55. The number of ketones is 1. The Kier molecular flexibility index (Phi) is 7.65. The predicted octanol–water partition coefficient (Wildman–Crippen LogP) is 4.53. The van der Waals surface area contributed by atoms with Crippen LogP contribution in [0.3, 0.4) is 0 Å². The van der Waals surface area contributed by atoms with E-state index in [1.807, 2.05) is 32.9 Å². The van der Waals surface area contributed by atoms with Crippen molar-refractivity contribution >= 4 is 17.8 Å². The summed E-state index contributed by atoms with van der Waals surface area (Å²) >= 11 is 0. The maximum absolute atomic E-state index is 12.5. The van der Waals surface area contributed by atoms with Gasteiger partial charge >= 0.3 is 5.97 Å². The van der Waals surface area contributed by atoms with E-state index in [1.165, 1.54) is 6.08 Å². The van der Waals surface area contributed by atoms with Crippen LogP contribution in [-0.4, -0.2) is 36.6 Å². The minimum atomic E-state index is -0.580. The van der Waals surface area contributed by atoms with Gasteiger partial charge in [0.2, 0.25) is 5.78 Å². The minimum absolute atomic E-state index is 0.213. The van der Waals surface area contributed by atoms with Gasteiger partial charge < -0.3 is 18.8 Å². The molecule has 0 fully saturated rings. The van der Waals surface area contributed by atoms with Gasteiger partial charge in [0.1, 0.15) is 0 Å². The number of hydrogen-bond acceptors (Lipinski definition) is 5. The van der Waals surface area contributed by atoms with Crippen LogP contribution < -0.4 is 9.47 Å². The highest BCUT2D eigenvalue weighted by atomic mass is 16.5. The Morgan fingerprint density at radius 1 is 1.14 bits per heavy atom. The fraction of sp³-hybridized carbons (Fsp3) is 0.391. The molecule has 2 rings (SSSR count). The summed E-state index contributed by atoms with van der Waals surface area (Å²) in [4.78, 5) is 24.5. The van der Waals surface area contributed by atoms with Crippen LogP contribution in [0.4, 0.5) is 0 Å². The van der Waals surface area contributed by atoms with Gasteiger partial charge in [-0.1, -0.05) is 6.07 Å². The second-order valence-electron chi connectivity index (χ2n) is 6.96. The lowest BCUT2D eigenvalue weighted by Crippen LogP contribution is -2.14. The van der Waals surface area contributed by atoms with E-state index in [0.717, 1.165) is 17.0 Å². The van der Waals surface area contributed by atoms with Gasteiger partial charge in [-0.05, 0) is 64.5 Å². The minimum Gasteiger partial charge on any atom is -0.493 e. The van der Waals surface area contributed by atoms with Crippen molar-refractivity contribution in [3.05, 3.63) is 52.9 Å². The first-order chi connectivity index (χ1) is 13.8. The van der Waals surface area contributed by atoms with Crippen LogP contribution >= 0.6 is 0 Å². The van der Waals surface area contributed by atoms with E-state index in [9.17, 15) is 9.59 Å². The van der Waals surface area contributed by atoms with Crippen LogP contribution in [0.2, 0.25) is 0 Å². The fourth-order valence-corrected chi connectivity index (χ4v) is 3.34. The summed E-state index contributed by atoms with van der Waals surface area (Å²) in [5, 5.41) is 0. The molecule has 0 radical (unpaired) electrons. The molecule has 0 saturated carbocycles. The summed E-state index contributed by atoms with van der Waals surface area (Å²) < 4.78 is 18.0. The van der Waals surface area contributed by atoms with Crippen molar-refractivity contribution in [1.29, 1.82) is 0 Å². The molecule has 0 aliphatic rings. The van der Waals surface area contributed by atoms with E-state index in [2.05, 4.69) is 18.4 Å². The van der Waals surface area contributed by atoms with E-state index in [4.69, 9.17) is 14.2 Å². The average Bonchev–Trinajstić information content (AvgIpc) is 2.99. The molecule has 6 nitrogen and oxygen atoms in total. The molecule has 0 amide bonds. The lowest BCUT2D eigenvalue weighted by molar-refractivity contribution is -0.136. The third kappa shape index (κ3) is 5.50. The molecule has 0 N–H and O–H groups in total. The van der Waals surface area contributed by atoms with Gasteiger partial charge in [-0.2, -0.15) is 0 Å². The number of hydrogen-bond donors (Lipinski definition) is 0. The highest BCUT2D eigenvalue weighted by molar-refractivity contribution is 6.00. The predicted molar refractivity (Wildman–Crippen MR) is 113 cm³/mol. The van der Waals surface area contributed by atoms with Crippen molar-refractivity contribution in [1.82, 2.24) is 4.57 Å². The summed E-state index contributed by atoms with van der Waals surface area (Å²) in [5.74, 6) is 0.427. The molecule has 2 aromatic rings. The monoisotopic (exact) mass is 399 g/mol. The lowest BCUT2D eigenvalue weighted by atomic mass is 10.1. The van der Waals surface area contributed by atoms with Gasteiger partial charge in [0, 0.05) is 29.1 Å². The van der Waals surface area contributed by atoms with Crippen molar-refractivity contribution in [3.8, 4) is 11.5 Å². The van der Waals surface area contributed by atoms with Crippen LogP contribution in [0.1, 0.15) is 54.1 Å². The SMILES string of the molecule is CCOc1ccc(/C=C/C(=O)OCC(=O)c2cc(C)n(C(C)C)c2C)cc1OC. The number of benzene rings is 1. The molecule has 29 heavy (non-hydrogen) atoms. The Morgan fingerprint density at radius 2 is 1.86 bits per heavy atom. The van der Waals surface area contributed by atoms with Gasteiger partial charge in [0.15, 0.2) is 18.1 Å². The highest BCUT2D eigenvalue weighted by Gasteiger charge is 2.18. The van der Waals surface area contributed by atoms with E-state index < -0.39 is 5.97 Å². The van der Waals surface area contributed by atoms with Crippen molar-refractivity contribution in [2.75, 3.05) is 20.3 Å². The Bertz CT molecular complexity index is 908. The van der Waals surface area contributed by atoms with Crippen LogP contribution in [0.15, 0.2) is 30.3 Å². The second-order valence-corrected chi connectivity index (χ2v) is 6.96. The molecule has 156 valence electrons. The number of esters is 1. The molecule has 0 aliphatic heterocycles. The Balaban J connectivity index is 1.99. The zero-order chi connectivity index (χ0) is 21.6. The number of methoxy groups -OCH3 is 1. The van der Waals surface area contributed by atoms with E-state index >= 15 is 0 Å². The van der Waals surface area contributed by atoms with Crippen LogP contribution in [0.5, 0.6) is 11.5 Å². The van der Waals surface area contributed by atoms with Crippen molar-refractivity contribution in [2.24, 2.45) is 0 Å². The number of Topliss-reactive ketones (excluding diaryl/α,β-unsaturated/α-hetero) is 1. The summed E-state index contributed by atoms with van der Waals surface area (Å²) in [7, 11) is 1.56. The molecular formula is C23H29NO5. The van der Waals surface area contributed by atoms with Crippen molar-refractivity contribution < 1.29 is 23.8 Å². The maximum Gasteiger partial charge on any atom is 0.331 e. The summed E-state index contributed by atoms with van der Waals surface area (Å²) in [6, 6.07) is 7.45. The van der Waals surface area contributed by atoms with Crippen LogP contribution in [0, 0.1) is 13.8 Å². The fourth-order valence-electron chi connectivity index (χ4n) is 3.34. The molecule has 1 aromatic heterocycles. The zero-order valence-electron chi connectivity index (χ0n) is 17.9. The maximum atomic E-state index is 12.5. The zero-order valence-corrected chi connectivity index (χ0v) is 17.9. The van der Waals surface area contributed by atoms with Gasteiger partial charge in [-0.3, -0.25) is 4.79 Å². The Labute approximate surface area is 172 Å². The number of nitrogens with zero attached hydrogens (tertiary/aromatic N) is 1. The molecule has 0 saturated heterocycles. The van der Waals surface area contributed by atoms with Crippen LogP contribution in [-0.2, 0) is 9.53 Å². The van der Waals surface area contributed by atoms with Crippen molar-refractivity contribution in [3.63, 3.8) is 0 Å². The lowest BCUT2D eigenvalue weighted by Gasteiger charge is -2.13. The highest BCUT2D eigenvalue weighted by Crippen LogP contribution is 2.28. The summed E-state index contributed by atoms with van der Waals surface area (Å²) in [6.45, 7) is 10.1. The topological polar surface area (TPSA) is 66.8 Å². The molecule has 0 atom stereocenters. The Morgan fingerprint density at radius 3 is 2.45 bits per heavy atom. The molecule has 0 bridgehead atoms.